The van der Waals surface area contributed by atoms with E-state index in [1.807, 2.05) is 18.3 Å². The van der Waals surface area contributed by atoms with Crippen LogP contribution in [0.1, 0.15) is 35.7 Å². The normalized spacial score (nSPS) is 19.2. The molecule has 3 rings (SSSR count). The lowest BCUT2D eigenvalue weighted by Crippen LogP contribution is -2.10. The topological polar surface area (TPSA) is 42.2 Å². The first kappa shape index (κ1) is 11.1. The molecule has 1 aliphatic rings. The lowest BCUT2D eigenvalue weighted by Gasteiger charge is -2.20. The molecule has 1 aromatic carbocycles. The summed E-state index contributed by atoms with van der Waals surface area (Å²) in [4.78, 5) is 11.3. The molecular weight excluding hydrogens is 226 g/mol. The van der Waals surface area contributed by atoms with Gasteiger partial charge in [-0.1, -0.05) is 24.3 Å². The average Bonchev–Trinajstić information content (AvgIpc) is 2.83. The maximum absolute atomic E-state index is 11.3. The average molecular weight is 241 g/mol. The van der Waals surface area contributed by atoms with E-state index in [0.29, 0.717) is 5.56 Å². The van der Waals surface area contributed by atoms with Crippen LogP contribution in [-0.2, 0) is 0 Å². The van der Waals surface area contributed by atoms with Gasteiger partial charge < -0.3 is 9.67 Å². The molecule has 1 aliphatic carbocycles. The van der Waals surface area contributed by atoms with Crippen molar-refractivity contribution in [3.05, 3.63) is 48.2 Å². The molecule has 92 valence electrons. The van der Waals surface area contributed by atoms with Crippen molar-refractivity contribution in [2.24, 2.45) is 0 Å². The van der Waals surface area contributed by atoms with Crippen molar-refractivity contribution in [2.75, 3.05) is 0 Å². The smallest absolute Gasteiger partial charge is 0.337 e. The van der Waals surface area contributed by atoms with Crippen LogP contribution in [0.2, 0.25) is 0 Å². The Balaban J connectivity index is 2.20. The second kappa shape index (κ2) is 4.33. The van der Waals surface area contributed by atoms with E-state index in [1.54, 1.807) is 12.1 Å². The third-order valence-electron chi connectivity index (χ3n) is 3.56. The van der Waals surface area contributed by atoms with Crippen LogP contribution in [0, 0.1) is 0 Å². The molecule has 1 unspecified atom stereocenters. The second-order valence-electron chi connectivity index (χ2n) is 4.70. The number of fused-ring (bicyclic) bond motifs is 1. The summed E-state index contributed by atoms with van der Waals surface area (Å²) in [5, 5.41) is 10.3. The molecular formula is C15H15NO2. The number of carboxylic acid groups (broad SMARTS) is 1. The van der Waals surface area contributed by atoms with Gasteiger partial charge in [0.2, 0.25) is 0 Å². The first-order valence-electron chi connectivity index (χ1n) is 6.27. The summed E-state index contributed by atoms with van der Waals surface area (Å²) in [5.74, 6) is -0.861. The zero-order chi connectivity index (χ0) is 12.5. The number of allylic oxidation sites excluding steroid dienone is 2. The third kappa shape index (κ3) is 1.72. The summed E-state index contributed by atoms with van der Waals surface area (Å²) in [6, 6.07) is 7.71. The van der Waals surface area contributed by atoms with Crippen LogP contribution in [0.5, 0.6) is 0 Å². The van der Waals surface area contributed by atoms with Crippen LogP contribution in [0.3, 0.4) is 0 Å². The van der Waals surface area contributed by atoms with Crippen LogP contribution < -0.4 is 0 Å². The van der Waals surface area contributed by atoms with Crippen LogP contribution in [0.4, 0.5) is 0 Å². The lowest BCUT2D eigenvalue weighted by atomic mass is 10.0. The lowest BCUT2D eigenvalue weighted by molar-refractivity contribution is 0.0698. The van der Waals surface area contributed by atoms with Gasteiger partial charge in [0.15, 0.2) is 0 Å². The summed E-state index contributed by atoms with van der Waals surface area (Å²) in [6.45, 7) is 0. The Hall–Kier alpha value is -2.03. The fraction of sp³-hybridized carbons (Fsp3) is 0.267. The largest absolute Gasteiger partial charge is 0.478 e. The summed E-state index contributed by atoms with van der Waals surface area (Å²) >= 11 is 0. The fourth-order valence-corrected chi connectivity index (χ4v) is 2.69. The minimum atomic E-state index is -0.861. The number of hydrogen-bond donors (Lipinski definition) is 1. The summed E-state index contributed by atoms with van der Waals surface area (Å²) in [5.41, 5.74) is 1.22. The minimum absolute atomic E-state index is 0.289. The number of aromatic nitrogens is 1. The van der Waals surface area contributed by atoms with Gasteiger partial charge in [-0.05, 0) is 31.4 Å². The van der Waals surface area contributed by atoms with E-state index in [4.69, 9.17) is 0 Å². The highest BCUT2D eigenvalue weighted by Crippen LogP contribution is 2.29. The molecule has 0 spiro atoms. The molecule has 1 atom stereocenters. The van der Waals surface area contributed by atoms with Crippen molar-refractivity contribution < 1.29 is 9.90 Å². The van der Waals surface area contributed by atoms with E-state index >= 15 is 0 Å². The molecule has 0 aliphatic heterocycles. The highest BCUT2D eigenvalue weighted by atomic mass is 16.4. The summed E-state index contributed by atoms with van der Waals surface area (Å²) in [6.07, 6.45) is 9.73. The molecule has 18 heavy (non-hydrogen) atoms. The van der Waals surface area contributed by atoms with E-state index in [1.165, 1.54) is 0 Å². The summed E-state index contributed by atoms with van der Waals surface area (Å²) < 4.78 is 2.09. The van der Waals surface area contributed by atoms with Gasteiger partial charge in [-0.25, -0.2) is 4.79 Å². The number of carbonyl (C=O) groups is 1. The standard InChI is InChI=1S/C15H15NO2/c17-15(18)13-8-4-5-11-9-10-16(14(11)13)12-6-2-1-3-7-12/h2,4-6,8-10,12H,1,3,7H2,(H,17,18). The van der Waals surface area contributed by atoms with Crippen LogP contribution >= 0.6 is 0 Å². The number of rotatable bonds is 2. The molecule has 0 saturated heterocycles. The van der Waals surface area contributed by atoms with E-state index < -0.39 is 5.97 Å². The van der Waals surface area contributed by atoms with Crippen molar-refractivity contribution >= 4 is 16.9 Å². The van der Waals surface area contributed by atoms with Crippen molar-refractivity contribution in [1.82, 2.24) is 4.57 Å². The van der Waals surface area contributed by atoms with Crippen molar-refractivity contribution in [3.8, 4) is 0 Å². The SMILES string of the molecule is O=C(O)c1cccc2ccn(C3C=CCCC3)c12. The van der Waals surface area contributed by atoms with Gasteiger partial charge in [0.25, 0.3) is 0 Å². The maximum atomic E-state index is 11.3. The number of carboxylic acids is 1. The molecule has 0 saturated carbocycles. The van der Waals surface area contributed by atoms with Gasteiger partial charge in [0.05, 0.1) is 17.1 Å². The van der Waals surface area contributed by atoms with E-state index in [9.17, 15) is 9.90 Å². The van der Waals surface area contributed by atoms with Gasteiger partial charge in [-0.15, -0.1) is 0 Å². The van der Waals surface area contributed by atoms with E-state index in [0.717, 1.165) is 30.2 Å². The minimum Gasteiger partial charge on any atom is -0.478 e. The Morgan fingerprint density at radius 3 is 2.94 bits per heavy atom. The molecule has 0 radical (unpaired) electrons. The van der Waals surface area contributed by atoms with Gasteiger partial charge >= 0.3 is 5.97 Å². The number of para-hydroxylation sites is 1. The highest BCUT2D eigenvalue weighted by molar-refractivity contribution is 6.02. The zero-order valence-corrected chi connectivity index (χ0v) is 10.0. The van der Waals surface area contributed by atoms with Gasteiger partial charge in [-0.3, -0.25) is 0 Å². The first-order chi connectivity index (χ1) is 8.77. The Labute approximate surface area is 105 Å². The van der Waals surface area contributed by atoms with E-state index in [-0.39, 0.29) is 6.04 Å². The van der Waals surface area contributed by atoms with Crippen LogP contribution in [-0.4, -0.2) is 15.6 Å². The van der Waals surface area contributed by atoms with Gasteiger partial charge in [0.1, 0.15) is 0 Å². The van der Waals surface area contributed by atoms with Crippen molar-refractivity contribution in [3.63, 3.8) is 0 Å². The second-order valence-corrected chi connectivity index (χ2v) is 4.70. The fourth-order valence-electron chi connectivity index (χ4n) is 2.69. The van der Waals surface area contributed by atoms with Crippen molar-refractivity contribution in [1.29, 1.82) is 0 Å². The molecule has 1 heterocycles. The molecule has 3 nitrogen and oxygen atoms in total. The Bertz CT molecular complexity index is 624. The van der Waals surface area contributed by atoms with Gasteiger partial charge in [-0.2, -0.15) is 0 Å². The predicted molar refractivity (Wildman–Crippen MR) is 70.9 cm³/mol. The molecule has 0 bridgehead atoms. The summed E-state index contributed by atoms with van der Waals surface area (Å²) in [7, 11) is 0. The number of benzene rings is 1. The first-order valence-corrected chi connectivity index (χ1v) is 6.27. The Kier molecular flexibility index (Phi) is 2.67. The molecule has 0 fully saturated rings. The molecule has 1 aromatic heterocycles. The molecule has 3 heteroatoms. The van der Waals surface area contributed by atoms with E-state index in [2.05, 4.69) is 16.7 Å². The van der Waals surface area contributed by atoms with Crippen LogP contribution in [0.25, 0.3) is 10.9 Å². The number of aromatic carboxylic acids is 1. The zero-order valence-electron chi connectivity index (χ0n) is 10.0. The maximum Gasteiger partial charge on any atom is 0.337 e. The third-order valence-corrected chi connectivity index (χ3v) is 3.56. The van der Waals surface area contributed by atoms with Crippen molar-refractivity contribution in [2.45, 2.75) is 25.3 Å². The molecule has 0 amide bonds. The highest BCUT2D eigenvalue weighted by Gasteiger charge is 2.17. The predicted octanol–water partition coefficient (Wildman–Crippen LogP) is 3.62. The Morgan fingerprint density at radius 1 is 1.33 bits per heavy atom. The van der Waals surface area contributed by atoms with Crippen LogP contribution in [0.15, 0.2) is 42.6 Å². The molecule has 2 aromatic rings. The Morgan fingerprint density at radius 2 is 2.22 bits per heavy atom. The quantitative estimate of drug-likeness (QED) is 0.816. The number of hydrogen-bond acceptors (Lipinski definition) is 1. The number of nitrogens with zero attached hydrogens (tertiary/aromatic N) is 1. The monoisotopic (exact) mass is 241 g/mol. The molecule has 1 N–H and O–H groups in total. The van der Waals surface area contributed by atoms with Gasteiger partial charge in [0, 0.05) is 11.6 Å².